The average Bonchev–Trinajstić information content (AvgIpc) is 2.24. The molecule has 0 fully saturated rings. The molecule has 1 rings (SSSR count). The lowest BCUT2D eigenvalue weighted by atomic mass is 10.1. The number of anilines is 1. The van der Waals surface area contributed by atoms with Gasteiger partial charge in [0.1, 0.15) is 6.33 Å². The molecule has 1 heterocycles. The fourth-order valence-corrected chi connectivity index (χ4v) is 1.54. The van der Waals surface area contributed by atoms with Gasteiger partial charge < -0.3 is 4.90 Å². The van der Waals surface area contributed by atoms with Crippen molar-refractivity contribution in [1.82, 2.24) is 9.97 Å². The first-order valence-electron chi connectivity index (χ1n) is 5.29. The Hall–Kier alpha value is -1.43. The standard InChI is InChI=1S/C10H15ClN4O2/c1-7(2)4-5-14(3)10-8(15(16)17)9(11)12-6-13-10/h6-7H,4-5H2,1-3H3. The molecule has 0 aromatic carbocycles. The molecule has 94 valence electrons. The topological polar surface area (TPSA) is 72.2 Å². The number of halogens is 1. The summed E-state index contributed by atoms with van der Waals surface area (Å²) in [5.41, 5.74) is -0.236. The van der Waals surface area contributed by atoms with Crippen molar-refractivity contribution < 1.29 is 4.92 Å². The molecule has 17 heavy (non-hydrogen) atoms. The van der Waals surface area contributed by atoms with Gasteiger partial charge in [0, 0.05) is 13.6 Å². The van der Waals surface area contributed by atoms with Crippen LogP contribution >= 0.6 is 11.6 Å². The van der Waals surface area contributed by atoms with Crippen molar-refractivity contribution >= 4 is 23.1 Å². The summed E-state index contributed by atoms with van der Waals surface area (Å²) >= 11 is 5.71. The van der Waals surface area contributed by atoms with Gasteiger partial charge in [-0.2, -0.15) is 0 Å². The number of nitro groups is 1. The molecule has 0 aliphatic heterocycles. The Morgan fingerprint density at radius 1 is 1.53 bits per heavy atom. The maximum Gasteiger partial charge on any atom is 0.348 e. The molecule has 0 spiro atoms. The van der Waals surface area contributed by atoms with E-state index >= 15 is 0 Å². The van der Waals surface area contributed by atoms with Crippen molar-refractivity contribution in [3.63, 3.8) is 0 Å². The lowest BCUT2D eigenvalue weighted by molar-refractivity contribution is -0.384. The van der Waals surface area contributed by atoms with Gasteiger partial charge in [0.2, 0.25) is 11.0 Å². The van der Waals surface area contributed by atoms with Gasteiger partial charge in [0.05, 0.1) is 4.92 Å². The smallest absolute Gasteiger partial charge is 0.348 e. The fourth-order valence-electron chi connectivity index (χ4n) is 1.34. The average molecular weight is 259 g/mol. The summed E-state index contributed by atoms with van der Waals surface area (Å²) in [5, 5.41) is 10.8. The van der Waals surface area contributed by atoms with Crippen molar-refractivity contribution in [3.05, 3.63) is 21.6 Å². The number of hydrogen-bond acceptors (Lipinski definition) is 5. The van der Waals surface area contributed by atoms with Crippen molar-refractivity contribution in [1.29, 1.82) is 0 Å². The first-order valence-corrected chi connectivity index (χ1v) is 5.67. The molecule has 0 bridgehead atoms. The summed E-state index contributed by atoms with van der Waals surface area (Å²) in [6.45, 7) is 4.87. The van der Waals surface area contributed by atoms with Crippen LogP contribution in [0.25, 0.3) is 0 Å². The third-order valence-electron chi connectivity index (χ3n) is 2.34. The highest BCUT2D eigenvalue weighted by Crippen LogP contribution is 2.30. The molecule has 0 saturated carbocycles. The minimum atomic E-state index is -0.552. The van der Waals surface area contributed by atoms with E-state index in [9.17, 15) is 10.1 Å². The van der Waals surface area contributed by atoms with Gasteiger partial charge in [-0.1, -0.05) is 25.4 Å². The Labute approximate surface area is 105 Å². The number of rotatable bonds is 5. The second-order valence-electron chi connectivity index (χ2n) is 4.20. The van der Waals surface area contributed by atoms with E-state index in [4.69, 9.17) is 11.6 Å². The molecule has 1 aromatic heterocycles. The number of aromatic nitrogens is 2. The zero-order valence-corrected chi connectivity index (χ0v) is 10.8. The fraction of sp³-hybridized carbons (Fsp3) is 0.600. The third kappa shape index (κ3) is 3.52. The highest BCUT2D eigenvalue weighted by Gasteiger charge is 2.24. The zero-order valence-electron chi connectivity index (χ0n) is 10.1. The largest absolute Gasteiger partial charge is 0.354 e. The molecule has 0 N–H and O–H groups in total. The number of nitrogens with zero attached hydrogens (tertiary/aromatic N) is 4. The Morgan fingerprint density at radius 2 is 2.18 bits per heavy atom. The highest BCUT2D eigenvalue weighted by molar-refractivity contribution is 6.31. The van der Waals surface area contributed by atoms with Gasteiger partial charge in [0.25, 0.3) is 0 Å². The molecule has 0 unspecified atom stereocenters. The predicted molar refractivity (Wildman–Crippen MR) is 66.4 cm³/mol. The summed E-state index contributed by atoms with van der Waals surface area (Å²) < 4.78 is 0. The second kappa shape index (κ2) is 5.77. The third-order valence-corrected chi connectivity index (χ3v) is 2.62. The molecule has 0 saturated heterocycles. The van der Waals surface area contributed by atoms with Crippen LogP contribution in [0.1, 0.15) is 20.3 Å². The molecule has 0 amide bonds. The summed E-state index contributed by atoms with van der Waals surface area (Å²) in [4.78, 5) is 19.6. The molecule has 0 atom stereocenters. The quantitative estimate of drug-likeness (QED) is 0.461. The summed E-state index contributed by atoms with van der Waals surface area (Å²) in [6, 6.07) is 0. The van der Waals surface area contributed by atoms with Gasteiger partial charge in [-0.3, -0.25) is 10.1 Å². The maximum absolute atomic E-state index is 10.9. The summed E-state index contributed by atoms with van der Waals surface area (Å²) in [6.07, 6.45) is 2.16. The molecular formula is C10H15ClN4O2. The Bertz CT molecular complexity index is 411. The second-order valence-corrected chi connectivity index (χ2v) is 4.56. The van der Waals surface area contributed by atoms with Gasteiger partial charge in [0.15, 0.2) is 0 Å². The maximum atomic E-state index is 10.9. The van der Waals surface area contributed by atoms with Crippen LogP contribution in [0.2, 0.25) is 5.15 Å². The van der Waals surface area contributed by atoms with Gasteiger partial charge in [-0.05, 0) is 12.3 Å². The van der Waals surface area contributed by atoms with E-state index in [1.165, 1.54) is 6.33 Å². The lowest BCUT2D eigenvalue weighted by Gasteiger charge is -2.18. The van der Waals surface area contributed by atoms with E-state index in [1.54, 1.807) is 11.9 Å². The zero-order chi connectivity index (χ0) is 13.0. The number of hydrogen-bond donors (Lipinski definition) is 0. The van der Waals surface area contributed by atoms with Crippen molar-refractivity contribution in [3.8, 4) is 0 Å². The van der Waals surface area contributed by atoms with Crippen molar-refractivity contribution in [2.45, 2.75) is 20.3 Å². The van der Waals surface area contributed by atoms with Crippen LogP contribution in [0.3, 0.4) is 0 Å². The molecule has 0 radical (unpaired) electrons. The molecule has 7 heteroatoms. The van der Waals surface area contributed by atoms with Gasteiger partial charge in [-0.25, -0.2) is 9.97 Å². The van der Waals surface area contributed by atoms with E-state index in [2.05, 4.69) is 23.8 Å². The molecule has 1 aromatic rings. The van der Waals surface area contributed by atoms with Crippen LogP contribution in [-0.4, -0.2) is 28.5 Å². The van der Waals surface area contributed by atoms with Gasteiger partial charge in [-0.15, -0.1) is 0 Å². The first kappa shape index (κ1) is 13.6. The Morgan fingerprint density at radius 3 is 2.71 bits per heavy atom. The van der Waals surface area contributed by atoms with Crippen molar-refractivity contribution in [2.24, 2.45) is 5.92 Å². The molecule has 0 aliphatic carbocycles. The van der Waals surface area contributed by atoms with Crippen LogP contribution < -0.4 is 4.90 Å². The Balaban J connectivity index is 2.96. The predicted octanol–water partition coefficient (Wildman–Crippen LogP) is 2.52. The summed E-state index contributed by atoms with van der Waals surface area (Å²) in [5.74, 6) is 0.782. The minimum absolute atomic E-state index is 0.128. The van der Waals surface area contributed by atoms with E-state index < -0.39 is 4.92 Å². The van der Waals surface area contributed by atoms with E-state index in [-0.39, 0.29) is 16.7 Å². The Kier molecular flexibility index (Phi) is 4.62. The lowest BCUT2D eigenvalue weighted by Crippen LogP contribution is -2.22. The molecular weight excluding hydrogens is 244 g/mol. The van der Waals surface area contributed by atoms with E-state index in [1.807, 2.05) is 0 Å². The minimum Gasteiger partial charge on any atom is -0.354 e. The van der Waals surface area contributed by atoms with Crippen LogP contribution in [0, 0.1) is 16.0 Å². The molecule has 0 aliphatic rings. The SMILES string of the molecule is CC(C)CCN(C)c1ncnc(Cl)c1[N+](=O)[O-]. The van der Waals surface area contributed by atoms with Crippen LogP contribution in [0.4, 0.5) is 11.5 Å². The van der Waals surface area contributed by atoms with E-state index in [0.717, 1.165) is 6.42 Å². The highest BCUT2D eigenvalue weighted by atomic mass is 35.5. The van der Waals surface area contributed by atoms with Crippen LogP contribution in [0.5, 0.6) is 0 Å². The van der Waals surface area contributed by atoms with Gasteiger partial charge >= 0.3 is 5.69 Å². The first-order chi connectivity index (χ1) is 7.93. The summed E-state index contributed by atoms with van der Waals surface area (Å²) in [7, 11) is 1.76. The molecule has 6 nitrogen and oxygen atoms in total. The normalized spacial score (nSPS) is 10.6. The van der Waals surface area contributed by atoms with E-state index in [0.29, 0.717) is 12.5 Å². The monoisotopic (exact) mass is 258 g/mol. The van der Waals surface area contributed by atoms with Crippen LogP contribution in [0.15, 0.2) is 6.33 Å². The van der Waals surface area contributed by atoms with Crippen molar-refractivity contribution in [2.75, 3.05) is 18.5 Å². The van der Waals surface area contributed by atoms with Crippen LogP contribution in [-0.2, 0) is 0 Å².